The number of carbonyl (C=O) groups is 3. The fraction of sp³-hybridized carbons (Fsp3) is 0.688. The zero-order chi connectivity index (χ0) is 17.0. The van der Waals surface area contributed by atoms with Crippen LogP contribution in [0.15, 0.2) is 12.2 Å². The Balaban J connectivity index is 3.78. The van der Waals surface area contributed by atoms with E-state index in [2.05, 4.69) is 11.9 Å². The van der Waals surface area contributed by atoms with Crippen LogP contribution in [0.1, 0.15) is 46.5 Å². The molecule has 1 N–H and O–H groups in total. The first-order valence-corrected chi connectivity index (χ1v) is 7.67. The van der Waals surface area contributed by atoms with E-state index in [1.54, 1.807) is 11.8 Å². The van der Waals surface area contributed by atoms with E-state index in [-0.39, 0.29) is 18.4 Å². The molecule has 6 nitrogen and oxygen atoms in total. The van der Waals surface area contributed by atoms with Crippen LogP contribution in [0, 0.1) is 0 Å². The molecule has 0 aromatic heterocycles. The number of nitrogens with zero attached hydrogens (tertiary/aromatic N) is 1. The maximum absolute atomic E-state index is 11.5. The van der Waals surface area contributed by atoms with Crippen LogP contribution in [0.25, 0.3) is 0 Å². The maximum atomic E-state index is 11.5. The first kappa shape index (κ1) is 20.1. The minimum atomic E-state index is -0.396. The molecule has 0 bridgehead atoms. The second-order valence-electron chi connectivity index (χ2n) is 5.32. The molecule has 6 heteroatoms. The molecule has 0 saturated carbocycles. The van der Waals surface area contributed by atoms with E-state index in [9.17, 15) is 14.4 Å². The Bertz CT molecular complexity index is 394. The van der Waals surface area contributed by atoms with Crippen molar-refractivity contribution in [2.24, 2.45) is 0 Å². The molecule has 0 rings (SSSR count). The highest BCUT2D eigenvalue weighted by molar-refractivity contribution is 5.86. The molecule has 0 radical (unpaired) electrons. The minimum absolute atomic E-state index is 0.0188. The minimum Gasteiger partial charge on any atom is -0.462 e. The maximum Gasteiger partial charge on any atom is 0.333 e. The fourth-order valence-electron chi connectivity index (χ4n) is 1.84. The summed E-state index contributed by atoms with van der Waals surface area (Å²) >= 11 is 0. The van der Waals surface area contributed by atoms with E-state index in [0.717, 1.165) is 19.3 Å². The molecule has 0 aliphatic carbocycles. The van der Waals surface area contributed by atoms with Crippen LogP contribution in [-0.2, 0) is 19.1 Å². The lowest BCUT2D eigenvalue weighted by atomic mass is 10.2. The zero-order valence-electron chi connectivity index (χ0n) is 13.9. The Labute approximate surface area is 132 Å². The number of nitrogens with one attached hydrogen (secondary N) is 1. The molecule has 0 aliphatic heterocycles. The Hall–Kier alpha value is -1.85. The lowest BCUT2D eigenvalue weighted by molar-refractivity contribution is -0.139. The van der Waals surface area contributed by atoms with E-state index in [1.807, 2.05) is 0 Å². The van der Waals surface area contributed by atoms with Crippen molar-refractivity contribution in [2.45, 2.75) is 46.5 Å². The standard InChI is InChI=1S/C16H28N2O4/c1-13(2)16(21)22-12-8-11-18(15(4)20)10-7-5-6-9-17-14(3)19/h1,5-12H2,2-4H3,(H,17,19). The van der Waals surface area contributed by atoms with Gasteiger partial charge in [-0.3, -0.25) is 9.59 Å². The Kier molecular flexibility index (Phi) is 10.8. The number of carbonyl (C=O) groups excluding carboxylic acids is 3. The second-order valence-corrected chi connectivity index (χ2v) is 5.32. The van der Waals surface area contributed by atoms with Crippen LogP contribution < -0.4 is 5.32 Å². The lowest BCUT2D eigenvalue weighted by Crippen LogP contribution is -2.31. The van der Waals surface area contributed by atoms with E-state index in [1.165, 1.54) is 13.8 Å². The second kappa shape index (κ2) is 11.8. The molecule has 0 aromatic carbocycles. The third kappa shape index (κ3) is 10.9. The normalized spacial score (nSPS) is 9.95. The van der Waals surface area contributed by atoms with Gasteiger partial charge in [0.25, 0.3) is 0 Å². The van der Waals surface area contributed by atoms with E-state index in [0.29, 0.717) is 31.6 Å². The number of ether oxygens (including phenoxy) is 1. The van der Waals surface area contributed by atoms with Crippen molar-refractivity contribution in [1.29, 1.82) is 0 Å². The molecule has 0 aromatic rings. The quantitative estimate of drug-likeness (QED) is 0.357. The van der Waals surface area contributed by atoms with Gasteiger partial charge >= 0.3 is 5.97 Å². The van der Waals surface area contributed by atoms with Gasteiger partial charge in [0.2, 0.25) is 11.8 Å². The van der Waals surface area contributed by atoms with Gasteiger partial charge in [-0.1, -0.05) is 6.58 Å². The summed E-state index contributed by atoms with van der Waals surface area (Å²) in [6, 6.07) is 0. The van der Waals surface area contributed by atoms with Crippen LogP contribution in [0.2, 0.25) is 0 Å². The number of esters is 1. The number of amides is 2. The number of hydrogen-bond donors (Lipinski definition) is 1. The van der Waals surface area contributed by atoms with Crippen LogP contribution in [0.5, 0.6) is 0 Å². The molecule has 0 saturated heterocycles. The van der Waals surface area contributed by atoms with Crippen molar-refractivity contribution in [3.8, 4) is 0 Å². The van der Waals surface area contributed by atoms with Gasteiger partial charge in [-0.15, -0.1) is 0 Å². The predicted molar refractivity (Wildman–Crippen MR) is 85.2 cm³/mol. The molecule has 22 heavy (non-hydrogen) atoms. The van der Waals surface area contributed by atoms with Crippen molar-refractivity contribution < 1.29 is 19.1 Å². The van der Waals surface area contributed by atoms with E-state index < -0.39 is 5.97 Å². The summed E-state index contributed by atoms with van der Waals surface area (Å²) in [5.41, 5.74) is 0.377. The Morgan fingerprint density at radius 2 is 1.64 bits per heavy atom. The molecule has 0 atom stereocenters. The molecular formula is C16H28N2O4. The zero-order valence-corrected chi connectivity index (χ0v) is 13.9. The highest BCUT2D eigenvalue weighted by Crippen LogP contribution is 2.01. The predicted octanol–water partition coefficient (Wildman–Crippen LogP) is 1.65. The van der Waals surface area contributed by atoms with Gasteiger partial charge in [-0.2, -0.15) is 0 Å². The summed E-state index contributed by atoms with van der Waals surface area (Å²) in [5, 5.41) is 2.74. The molecule has 126 valence electrons. The molecule has 0 unspecified atom stereocenters. The highest BCUT2D eigenvalue weighted by Gasteiger charge is 2.09. The topological polar surface area (TPSA) is 75.7 Å². The number of hydrogen-bond acceptors (Lipinski definition) is 4. The van der Waals surface area contributed by atoms with Crippen molar-refractivity contribution >= 4 is 17.8 Å². The molecular weight excluding hydrogens is 284 g/mol. The van der Waals surface area contributed by atoms with Crippen molar-refractivity contribution in [1.82, 2.24) is 10.2 Å². The van der Waals surface area contributed by atoms with Gasteiger partial charge in [0.15, 0.2) is 0 Å². The SMILES string of the molecule is C=C(C)C(=O)OCCCN(CCCCCNC(C)=O)C(C)=O. The molecule has 0 aliphatic rings. The lowest BCUT2D eigenvalue weighted by Gasteiger charge is -2.21. The smallest absolute Gasteiger partial charge is 0.333 e. The Morgan fingerprint density at radius 1 is 1.00 bits per heavy atom. The van der Waals surface area contributed by atoms with Crippen molar-refractivity contribution in [3.05, 3.63) is 12.2 Å². The molecule has 0 spiro atoms. The van der Waals surface area contributed by atoms with Gasteiger partial charge in [0.1, 0.15) is 0 Å². The van der Waals surface area contributed by atoms with Gasteiger partial charge in [0, 0.05) is 39.1 Å². The van der Waals surface area contributed by atoms with E-state index in [4.69, 9.17) is 4.74 Å². The van der Waals surface area contributed by atoms with Crippen LogP contribution in [-0.4, -0.2) is 48.9 Å². The molecule has 0 heterocycles. The number of unbranched alkanes of at least 4 members (excludes halogenated alkanes) is 2. The Morgan fingerprint density at radius 3 is 2.18 bits per heavy atom. The van der Waals surface area contributed by atoms with Gasteiger partial charge in [0.05, 0.1) is 6.61 Å². The summed E-state index contributed by atoms with van der Waals surface area (Å²) in [5.74, 6) is -0.393. The summed E-state index contributed by atoms with van der Waals surface area (Å²) in [4.78, 5) is 35.2. The van der Waals surface area contributed by atoms with Crippen LogP contribution in [0.3, 0.4) is 0 Å². The first-order chi connectivity index (χ1) is 10.3. The molecule has 2 amide bonds. The molecule has 0 fully saturated rings. The largest absolute Gasteiger partial charge is 0.462 e. The van der Waals surface area contributed by atoms with Gasteiger partial charge in [-0.25, -0.2) is 4.79 Å². The third-order valence-corrected chi connectivity index (χ3v) is 3.08. The van der Waals surface area contributed by atoms with E-state index >= 15 is 0 Å². The average molecular weight is 312 g/mol. The fourth-order valence-corrected chi connectivity index (χ4v) is 1.84. The third-order valence-electron chi connectivity index (χ3n) is 3.08. The first-order valence-electron chi connectivity index (χ1n) is 7.67. The number of rotatable bonds is 11. The van der Waals surface area contributed by atoms with Gasteiger partial charge in [-0.05, 0) is 32.6 Å². The van der Waals surface area contributed by atoms with Crippen molar-refractivity contribution in [2.75, 3.05) is 26.2 Å². The summed E-state index contributed by atoms with van der Waals surface area (Å²) in [6.07, 6.45) is 3.37. The van der Waals surface area contributed by atoms with Crippen LogP contribution >= 0.6 is 0 Å². The van der Waals surface area contributed by atoms with Gasteiger partial charge < -0.3 is 15.0 Å². The van der Waals surface area contributed by atoms with Crippen molar-refractivity contribution in [3.63, 3.8) is 0 Å². The summed E-state index contributed by atoms with van der Waals surface area (Å²) in [6.45, 7) is 10.4. The summed E-state index contributed by atoms with van der Waals surface area (Å²) < 4.78 is 5.00. The summed E-state index contributed by atoms with van der Waals surface area (Å²) in [7, 11) is 0. The highest BCUT2D eigenvalue weighted by atomic mass is 16.5. The average Bonchev–Trinajstić information content (AvgIpc) is 2.43. The monoisotopic (exact) mass is 312 g/mol. The van der Waals surface area contributed by atoms with Crippen LogP contribution in [0.4, 0.5) is 0 Å².